The van der Waals surface area contributed by atoms with Gasteiger partial charge in [0.25, 0.3) is 5.91 Å². The van der Waals surface area contributed by atoms with E-state index in [9.17, 15) is 4.79 Å². The van der Waals surface area contributed by atoms with E-state index in [0.29, 0.717) is 25.3 Å². The number of methoxy groups -OCH3 is 1. The van der Waals surface area contributed by atoms with Gasteiger partial charge in [0.15, 0.2) is 0 Å². The number of carbonyl (C=O) groups excluding carboxylic acids is 1. The Labute approximate surface area is 154 Å². The van der Waals surface area contributed by atoms with Crippen LogP contribution >= 0.6 is 12.4 Å². The maximum Gasteiger partial charge on any atom is 0.251 e. The summed E-state index contributed by atoms with van der Waals surface area (Å²) in [7, 11) is 1.63. The number of amides is 1. The highest BCUT2D eigenvalue weighted by atomic mass is 35.5. The van der Waals surface area contributed by atoms with E-state index in [0.717, 1.165) is 24.4 Å². The SMILES string of the molecule is COCCOc1ccc(C(=O)NCc2ccc3c(c2)CNC3)cc1.Cl. The second kappa shape index (κ2) is 9.42. The van der Waals surface area contributed by atoms with Crippen molar-refractivity contribution in [2.45, 2.75) is 19.6 Å². The van der Waals surface area contributed by atoms with Gasteiger partial charge in [-0.05, 0) is 41.0 Å². The van der Waals surface area contributed by atoms with Gasteiger partial charge < -0.3 is 20.1 Å². The summed E-state index contributed by atoms with van der Waals surface area (Å²) in [6, 6.07) is 13.5. The molecule has 1 aliphatic heterocycles. The van der Waals surface area contributed by atoms with Gasteiger partial charge in [-0.1, -0.05) is 18.2 Å². The first-order chi connectivity index (χ1) is 11.8. The van der Waals surface area contributed by atoms with Crippen LogP contribution in [0.1, 0.15) is 27.0 Å². The lowest BCUT2D eigenvalue weighted by Gasteiger charge is -2.09. The average Bonchev–Trinajstić information content (AvgIpc) is 3.08. The number of hydrogen-bond acceptors (Lipinski definition) is 4. The maximum absolute atomic E-state index is 12.2. The van der Waals surface area contributed by atoms with E-state index in [-0.39, 0.29) is 18.3 Å². The van der Waals surface area contributed by atoms with Crippen LogP contribution in [0.2, 0.25) is 0 Å². The quantitative estimate of drug-likeness (QED) is 0.743. The average molecular weight is 363 g/mol. The zero-order valence-corrected chi connectivity index (χ0v) is 15.0. The van der Waals surface area contributed by atoms with Crippen molar-refractivity contribution in [1.82, 2.24) is 10.6 Å². The summed E-state index contributed by atoms with van der Waals surface area (Å²) in [6.07, 6.45) is 0. The van der Waals surface area contributed by atoms with Gasteiger partial charge in [0.05, 0.1) is 6.61 Å². The van der Waals surface area contributed by atoms with Crippen molar-refractivity contribution in [2.75, 3.05) is 20.3 Å². The van der Waals surface area contributed by atoms with E-state index in [2.05, 4.69) is 28.8 Å². The predicted molar refractivity (Wildman–Crippen MR) is 99.2 cm³/mol. The molecule has 0 saturated carbocycles. The third-order valence-electron chi connectivity index (χ3n) is 4.03. The topological polar surface area (TPSA) is 59.6 Å². The number of halogens is 1. The van der Waals surface area contributed by atoms with Crippen LogP contribution in [0.15, 0.2) is 42.5 Å². The zero-order chi connectivity index (χ0) is 16.8. The summed E-state index contributed by atoms with van der Waals surface area (Å²) in [5.41, 5.74) is 4.40. The number of carbonyl (C=O) groups is 1. The van der Waals surface area contributed by atoms with Gasteiger partial charge in [-0.3, -0.25) is 4.79 Å². The first kappa shape index (κ1) is 19.2. The van der Waals surface area contributed by atoms with Crippen molar-refractivity contribution in [3.8, 4) is 5.75 Å². The lowest BCUT2D eigenvalue weighted by atomic mass is 10.1. The summed E-state index contributed by atoms with van der Waals surface area (Å²) >= 11 is 0. The van der Waals surface area contributed by atoms with Crippen molar-refractivity contribution in [2.24, 2.45) is 0 Å². The van der Waals surface area contributed by atoms with Crippen LogP contribution in [0.3, 0.4) is 0 Å². The maximum atomic E-state index is 12.2. The molecule has 0 aromatic heterocycles. The van der Waals surface area contributed by atoms with Crippen molar-refractivity contribution in [3.05, 3.63) is 64.7 Å². The molecule has 5 nitrogen and oxygen atoms in total. The van der Waals surface area contributed by atoms with E-state index in [1.165, 1.54) is 11.1 Å². The molecule has 0 saturated heterocycles. The van der Waals surface area contributed by atoms with Crippen LogP contribution < -0.4 is 15.4 Å². The molecule has 0 bridgehead atoms. The number of benzene rings is 2. The fourth-order valence-corrected chi connectivity index (χ4v) is 2.69. The first-order valence-corrected chi connectivity index (χ1v) is 8.07. The molecule has 0 unspecified atom stereocenters. The Bertz CT molecular complexity index is 704. The van der Waals surface area contributed by atoms with Gasteiger partial charge in [0.1, 0.15) is 12.4 Å². The van der Waals surface area contributed by atoms with Crippen molar-refractivity contribution in [3.63, 3.8) is 0 Å². The molecule has 0 atom stereocenters. The largest absolute Gasteiger partial charge is 0.491 e. The van der Waals surface area contributed by atoms with Crippen LogP contribution in [0.4, 0.5) is 0 Å². The minimum absolute atomic E-state index is 0. The summed E-state index contributed by atoms with van der Waals surface area (Å²) in [5, 5.41) is 6.28. The van der Waals surface area contributed by atoms with E-state index in [1.54, 1.807) is 31.4 Å². The first-order valence-electron chi connectivity index (χ1n) is 8.07. The number of ether oxygens (including phenoxy) is 2. The second-order valence-corrected chi connectivity index (χ2v) is 5.75. The van der Waals surface area contributed by atoms with Crippen molar-refractivity contribution in [1.29, 1.82) is 0 Å². The molecule has 0 radical (unpaired) electrons. The molecule has 134 valence electrons. The zero-order valence-electron chi connectivity index (χ0n) is 14.2. The molecule has 25 heavy (non-hydrogen) atoms. The Kier molecular flexibility index (Phi) is 7.25. The number of fused-ring (bicyclic) bond motifs is 1. The predicted octanol–water partition coefficient (Wildman–Crippen LogP) is 2.67. The molecule has 2 aromatic carbocycles. The normalized spacial score (nSPS) is 12.2. The fourth-order valence-electron chi connectivity index (χ4n) is 2.69. The van der Waals surface area contributed by atoms with Crippen LogP contribution in [0.5, 0.6) is 5.75 Å². The van der Waals surface area contributed by atoms with E-state index < -0.39 is 0 Å². The Morgan fingerprint density at radius 1 is 1.08 bits per heavy atom. The van der Waals surface area contributed by atoms with Crippen molar-refractivity contribution < 1.29 is 14.3 Å². The number of hydrogen-bond donors (Lipinski definition) is 2. The van der Waals surface area contributed by atoms with Crippen LogP contribution in [-0.2, 0) is 24.4 Å². The highest BCUT2D eigenvalue weighted by molar-refractivity contribution is 5.94. The molecule has 0 spiro atoms. The Morgan fingerprint density at radius 3 is 2.60 bits per heavy atom. The third kappa shape index (κ3) is 5.19. The monoisotopic (exact) mass is 362 g/mol. The lowest BCUT2D eigenvalue weighted by Crippen LogP contribution is -2.22. The molecular weight excluding hydrogens is 340 g/mol. The second-order valence-electron chi connectivity index (χ2n) is 5.75. The Balaban J connectivity index is 0.00000225. The Hall–Kier alpha value is -2.08. The summed E-state index contributed by atoms with van der Waals surface area (Å²) in [5.74, 6) is 0.645. The highest BCUT2D eigenvalue weighted by Crippen LogP contribution is 2.17. The van der Waals surface area contributed by atoms with Gasteiger partial charge in [0.2, 0.25) is 0 Å². The standard InChI is InChI=1S/C19H22N2O3.ClH/c1-23-8-9-24-18-6-4-15(5-7-18)19(22)21-11-14-2-3-16-12-20-13-17(16)10-14;/h2-7,10,20H,8-9,11-13H2,1H3,(H,21,22);1H. The summed E-state index contributed by atoms with van der Waals surface area (Å²) in [4.78, 5) is 12.2. The third-order valence-corrected chi connectivity index (χ3v) is 4.03. The van der Waals surface area contributed by atoms with E-state index in [4.69, 9.17) is 9.47 Å². The van der Waals surface area contributed by atoms with Gasteiger partial charge in [0, 0.05) is 32.3 Å². The molecule has 1 heterocycles. The smallest absolute Gasteiger partial charge is 0.251 e. The molecule has 6 heteroatoms. The molecular formula is C19H23ClN2O3. The van der Waals surface area contributed by atoms with Crippen molar-refractivity contribution >= 4 is 18.3 Å². The molecule has 0 fully saturated rings. The lowest BCUT2D eigenvalue weighted by molar-refractivity contribution is 0.0951. The highest BCUT2D eigenvalue weighted by Gasteiger charge is 2.11. The van der Waals surface area contributed by atoms with Gasteiger partial charge >= 0.3 is 0 Å². The summed E-state index contributed by atoms with van der Waals surface area (Å²) < 4.78 is 10.4. The van der Waals surface area contributed by atoms with Gasteiger partial charge in [-0.25, -0.2) is 0 Å². The van der Waals surface area contributed by atoms with Crippen LogP contribution in [0.25, 0.3) is 0 Å². The molecule has 2 aromatic rings. The number of nitrogens with one attached hydrogen (secondary N) is 2. The minimum atomic E-state index is -0.0861. The Morgan fingerprint density at radius 2 is 1.84 bits per heavy atom. The fraction of sp³-hybridized carbons (Fsp3) is 0.316. The molecule has 3 rings (SSSR count). The number of rotatable bonds is 7. The van der Waals surface area contributed by atoms with Gasteiger partial charge in [-0.15, -0.1) is 12.4 Å². The minimum Gasteiger partial charge on any atom is -0.491 e. The van der Waals surface area contributed by atoms with E-state index in [1.807, 2.05) is 0 Å². The molecule has 2 N–H and O–H groups in total. The molecule has 0 aliphatic carbocycles. The molecule has 1 aliphatic rings. The van der Waals surface area contributed by atoms with Crippen LogP contribution in [0, 0.1) is 0 Å². The summed E-state index contributed by atoms with van der Waals surface area (Å²) in [6.45, 7) is 3.40. The van der Waals surface area contributed by atoms with E-state index >= 15 is 0 Å². The molecule has 1 amide bonds. The van der Waals surface area contributed by atoms with Gasteiger partial charge in [-0.2, -0.15) is 0 Å². The van der Waals surface area contributed by atoms with Crippen LogP contribution in [-0.4, -0.2) is 26.2 Å².